The van der Waals surface area contributed by atoms with Gasteiger partial charge in [0, 0.05) is 5.69 Å². The lowest BCUT2D eigenvalue weighted by atomic mass is 9.95. The van der Waals surface area contributed by atoms with Crippen LogP contribution < -0.4 is 9.46 Å². The van der Waals surface area contributed by atoms with Crippen molar-refractivity contribution in [3.05, 3.63) is 88.0 Å². The number of rotatable bonds is 6. The molecule has 4 nitrogen and oxygen atoms in total. The molecule has 3 aromatic rings. The third-order valence-electron chi connectivity index (χ3n) is 5.55. The normalized spacial score (nSPS) is 11.3. The Morgan fingerprint density at radius 3 is 1.79 bits per heavy atom. The Labute approximate surface area is 173 Å². The lowest BCUT2D eigenvalue weighted by Gasteiger charge is -2.19. The molecule has 29 heavy (non-hydrogen) atoms. The first-order valence-electron chi connectivity index (χ1n) is 9.57. The van der Waals surface area contributed by atoms with Crippen LogP contribution in [0.3, 0.4) is 0 Å². The van der Waals surface area contributed by atoms with Crippen LogP contribution in [0.15, 0.2) is 59.5 Å². The molecule has 0 aliphatic heterocycles. The summed E-state index contributed by atoms with van der Waals surface area (Å²) in [5, 5.41) is 0. The summed E-state index contributed by atoms with van der Waals surface area (Å²) in [6.07, 6.45) is 0. The van der Waals surface area contributed by atoms with Crippen LogP contribution in [-0.4, -0.2) is 8.42 Å². The number of benzene rings is 3. The van der Waals surface area contributed by atoms with Crippen LogP contribution in [0.25, 0.3) is 0 Å². The van der Waals surface area contributed by atoms with E-state index >= 15 is 0 Å². The van der Waals surface area contributed by atoms with Gasteiger partial charge in [-0.1, -0.05) is 30.3 Å². The largest absolute Gasteiger partial charge is 0.489 e. The standard InChI is InChI=1S/C24H27NO3S/c1-16-17(2)19(4)24(20(5)18(16)3)29(26,27)25-22-11-13-23(14-12-22)28-15-21-9-7-6-8-10-21/h6-14,25H,15H2,1-5H3. The Morgan fingerprint density at radius 1 is 0.724 bits per heavy atom. The van der Waals surface area contributed by atoms with Crippen molar-refractivity contribution in [3.8, 4) is 5.75 Å². The average Bonchev–Trinajstić information content (AvgIpc) is 2.71. The van der Waals surface area contributed by atoms with Gasteiger partial charge >= 0.3 is 0 Å². The molecule has 0 amide bonds. The van der Waals surface area contributed by atoms with Gasteiger partial charge in [-0.05, 0) is 92.3 Å². The number of sulfonamides is 1. The second kappa shape index (κ2) is 8.29. The summed E-state index contributed by atoms with van der Waals surface area (Å²) in [5.74, 6) is 0.686. The number of ether oxygens (including phenoxy) is 1. The first-order valence-corrected chi connectivity index (χ1v) is 11.1. The molecule has 3 aromatic carbocycles. The van der Waals surface area contributed by atoms with Gasteiger partial charge < -0.3 is 4.74 Å². The van der Waals surface area contributed by atoms with Crippen LogP contribution in [0.4, 0.5) is 5.69 Å². The molecule has 152 valence electrons. The van der Waals surface area contributed by atoms with Gasteiger partial charge in [0.2, 0.25) is 0 Å². The molecule has 0 fully saturated rings. The summed E-state index contributed by atoms with van der Waals surface area (Å²) in [7, 11) is -3.70. The molecule has 0 aromatic heterocycles. The summed E-state index contributed by atoms with van der Waals surface area (Å²) in [6, 6.07) is 16.9. The van der Waals surface area contributed by atoms with Gasteiger partial charge in [-0.15, -0.1) is 0 Å². The topological polar surface area (TPSA) is 55.4 Å². The van der Waals surface area contributed by atoms with Gasteiger partial charge in [-0.2, -0.15) is 0 Å². The zero-order valence-electron chi connectivity index (χ0n) is 17.5. The van der Waals surface area contributed by atoms with Crippen molar-refractivity contribution in [2.45, 2.75) is 46.1 Å². The van der Waals surface area contributed by atoms with Gasteiger partial charge in [-0.3, -0.25) is 4.72 Å². The number of hydrogen-bond donors (Lipinski definition) is 1. The van der Waals surface area contributed by atoms with E-state index < -0.39 is 10.0 Å². The predicted molar refractivity (Wildman–Crippen MR) is 118 cm³/mol. The maximum atomic E-state index is 13.1. The molecule has 0 aliphatic carbocycles. The van der Waals surface area contributed by atoms with Gasteiger partial charge in [0.15, 0.2) is 0 Å². The molecule has 0 spiro atoms. The van der Waals surface area contributed by atoms with Gasteiger partial charge in [-0.25, -0.2) is 8.42 Å². The molecule has 0 heterocycles. The Morgan fingerprint density at radius 2 is 1.24 bits per heavy atom. The van der Waals surface area contributed by atoms with Gasteiger partial charge in [0.05, 0.1) is 4.90 Å². The van der Waals surface area contributed by atoms with E-state index in [9.17, 15) is 8.42 Å². The Kier molecular flexibility index (Phi) is 5.99. The molecular weight excluding hydrogens is 382 g/mol. The Balaban J connectivity index is 1.79. The zero-order valence-corrected chi connectivity index (χ0v) is 18.4. The molecule has 1 N–H and O–H groups in total. The first-order chi connectivity index (χ1) is 13.7. The SMILES string of the molecule is Cc1c(C)c(C)c(S(=O)(=O)Nc2ccc(OCc3ccccc3)cc2)c(C)c1C. The van der Waals surface area contributed by atoms with E-state index in [0.29, 0.717) is 22.9 Å². The molecular formula is C24H27NO3S. The minimum absolute atomic E-state index is 0.363. The number of nitrogens with one attached hydrogen (secondary N) is 1. The van der Waals surface area contributed by atoms with Crippen LogP contribution >= 0.6 is 0 Å². The predicted octanol–water partition coefficient (Wildman–Crippen LogP) is 5.61. The van der Waals surface area contributed by atoms with Gasteiger partial charge in [0.25, 0.3) is 10.0 Å². The minimum atomic E-state index is -3.70. The van der Waals surface area contributed by atoms with Crippen molar-refractivity contribution >= 4 is 15.7 Å². The smallest absolute Gasteiger partial charge is 0.262 e. The fourth-order valence-corrected chi connectivity index (χ4v) is 5.10. The summed E-state index contributed by atoms with van der Waals surface area (Å²) < 4.78 is 34.7. The van der Waals surface area contributed by atoms with E-state index in [0.717, 1.165) is 33.4 Å². The maximum absolute atomic E-state index is 13.1. The highest BCUT2D eigenvalue weighted by Gasteiger charge is 2.23. The lowest BCUT2D eigenvalue weighted by Crippen LogP contribution is -2.17. The highest BCUT2D eigenvalue weighted by molar-refractivity contribution is 7.92. The lowest BCUT2D eigenvalue weighted by molar-refractivity contribution is 0.306. The van der Waals surface area contributed by atoms with Crippen LogP contribution in [0.2, 0.25) is 0 Å². The maximum Gasteiger partial charge on any atom is 0.262 e. The molecule has 0 bridgehead atoms. The highest BCUT2D eigenvalue weighted by Crippen LogP contribution is 2.31. The first kappa shape index (κ1) is 20.9. The van der Waals surface area contributed by atoms with Crippen molar-refractivity contribution in [1.29, 1.82) is 0 Å². The van der Waals surface area contributed by atoms with Crippen molar-refractivity contribution in [2.75, 3.05) is 4.72 Å². The highest BCUT2D eigenvalue weighted by atomic mass is 32.2. The summed E-state index contributed by atoms with van der Waals surface area (Å²) >= 11 is 0. The molecule has 0 saturated heterocycles. The quantitative estimate of drug-likeness (QED) is 0.576. The Hall–Kier alpha value is -2.79. The second-order valence-corrected chi connectivity index (χ2v) is 8.98. The van der Waals surface area contributed by atoms with E-state index in [2.05, 4.69) is 4.72 Å². The molecule has 0 unspecified atom stereocenters. The molecule has 3 rings (SSSR count). The van der Waals surface area contributed by atoms with E-state index in [1.807, 2.05) is 65.0 Å². The number of hydrogen-bond acceptors (Lipinski definition) is 3. The van der Waals surface area contributed by atoms with Crippen molar-refractivity contribution in [3.63, 3.8) is 0 Å². The molecule has 0 radical (unpaired) electrons. The number of anilines is 1. The van der Waals surface area contributed by atoms with E-state index in [4.69, 9.17) is 4.74 Å². The zero-order chi connectivity index (χ0) is 21.2. The third kappa shape index (κ3) is 4.46. The fourth-order valence-electron chi connectivity index (χ4n) is 3.43. The molecule has 0 atom stereocenters. The van der Waals surface area contributed by atoms with E-state index in [1.54, 1.807) is 24.3 Å². The minimum Gasteiger partial charge on any atom is -0.489 e. The van der Waals surface area contributed by atoms with Crippen molar-refractivity contribution < 1.29 is 13.2 Å². The van der Waals surface area contributed by atoms with Crippen molar-refractivity contribution in [1.82, 2.24) is 0 Å². The fraction of sp³-hybridized carbons (Fsp3) is 0.250. The van der Waals surface area contributed by atoms with Crippen molar-refractivity contribution in [2.24, 2.45) is 0 Å². The molecule has 0 aliphatic rings. The van der Waals surface area contributed by atoms with Crippen LogP contribution in [0.5, 0.6) is 5.75 Å². The summed E-state index contributed by atoms with van der Waals surface area (Å²) in [4.78, 5) is 0.363. The van der Waals surface area contributed by atoms with Crippen LogP contribution in [0.1, 0.15) is 33.4 Å². The monoisotopic (exact) mass is 409 g/mol. The summed E-state index contributed by atoms with van der Waals surface area (Å²) in [6.45, 7) is 10.2. The molecule has 5 heteroatoms. The molecule has 0 saturated carbocycles. The van der Waals surface area contributed by atoms with E-state index in [1.165, 1.54) is 0 Å². The second-order valence-electron chi connectivity index (χ2n) is 7.36. The average molecular weight is 410 g/mol. The van der Waals surface area contributed by atoms with Gasteiger partial charge in [0.1, 0.15) is 12.4 Å². The van der Waals surface area contributed by atoms with Crippen LogP contribution in [-0.2, 0) is 16.6 Å². The van der Waals surface area contributed by atoms with E-state index in [-0.39, 0.29) is 0 Å². The third-order valence-corrected chi connectivity index (χ3v) is 7.21. The Bertz CT molecular complexity index is 1090. The van der Waals surface area contributed by atoms with Crippen LogP contribution in [0, 0.1) is 34.6 Å². The summed E-state index contributed by atoms with van der Waals surface area (Å²) in [5.41, 5.74) is 6.33.